The lowest BCUT2D eigenvalue weighted by atomic mass is 10.1. The van der Waals surface area contributed by atoms with E-state index in [9.17, 15) is 4.79 Å². The van der Waals surface area contributed by atoms with Gasteiger partial charge in [0.05, 0.1) is 10.6 Å². The number of carbonyl (C=O) groups is 1. The second-order valence-corrected chi connectivity index (χ2v) is 6.14. The summed E-state index contributed by atoms with van der Waals surface area (Å²) >= 11 is 1.49. The van der Waals surface area contributed by atoms with Crippen LogP contribution in [0.2, 0.25) is 0 Å². The van der Waals surface area contributed by atoms with Crippen LogP contribution < -0.4 is 0 Å². The van der Waals surface area contributed by atoms with Gasteiger partial charge in [-0.3, -0.25) is 4.79 Å². The van der Waals surface area contributed by atoms with Gasteiger partial charge in [0.2, 0.25) is 0 Å². The van der Waals surface area contributed by atoms with Crippen LogP contribution in [0.3, 0.4) is 0 Å². The molecule has 0 bridgehead atoms. The fourth-order valence-corrected chi connectivity index (χ4v) is 3.21. The van der Waals surface area contributed by atoms with Crippen molar-refractivity contribution in [2.75, 3.05) is 0 Å². The first-order valence-electron chi connectivity index (χ1n) is 7.19. The van der Waals surface area contributed by atoms with Gasteiger partial charge in [0, 0.05) is 12.5 Å². The van der Waals surface area contributed by atoms with Crippen LogP contribution in [0, 0.1) is 6.92 Å². The van der Waals surface area contributed by atoms with E-state index in [0.29, 0.717) is 0 Å². The third-order valence-corrected chi connectivity index (χ3v) is 4.69. The van der Waals surface area contributed by atoms with Crippen LogP contribution in [0.25, 0.3) is 10.6 Å². The summed E-state index contributed by atoms with van der Waals surface area (Å²) in [6, 6.07) is 8.58. The van der Waals surface area contributed by atoms with Crippen LogP contribution in [0.4, 0.5) is 0 Å². The van der Waals surface area contributed by atoms with E-state index in [-0.39, 0.29) is 5.78 Å². The van der Waals surface area contributed by atoms with Crippen LogP contribution in [0.15, 0.2) is 24.3 Å². The van der Waals surface area contributed by atoms with Gasteiger partial charge in [0.15, 0.2) is 5.78 Å². The SMILES string of the molecule is CCCCCc1ccc(-c2nc(C)c(C(C)=O)s2)cc1. The van der Waals surface area contributed by atoms with Gasteiger partial charge in [0.25, 0.3) is 0 Å². The molecule has 0 saturated carbocycles. The highest BCUT2D eigenvalue weighted by Gasteiger charge is 2.12. The number of hydrogen-bond acceptors (Lipinski definition) is 3. The molecule has 0 atom stereocenters. The third kappa shape index (κ3) is 3.54. The summed E-state index contributed by atoms with van der Waals surface area (Å²) in [7, 11) is 0. The predicted octanol–water partition coefficient (Wildman–Crippen LogP) is 5.05. The highest BCUT2D eigenvalue weighted by atomic mass is 32.1. The predicted molar refractivity (Wildman–Crippen MR) is 85.5 cm³/mol. The first-order chi connectivity index (χ1) is 9.61. The van der Waals surface area contributed by atoms with Crippen LogP contribution in [0.5, 0.6) is 0 Å². The monoisotopic (exact) mass is 287 g/mol. The van der Waals surface area contributed by atoms with Gasteiger partial charge >= 0.3 is 0 Å². The molecule has 0 saturated heterocycles. The van der Waals surface area contributed by atoms with Crippen molar-refractivity contribution in [3.63, 3.8) is 0 Å². The summed E-state index contributed by atoms with van der Waals surface area (Å²) in [5.41, 5.74) is 3.32. The standard InChI is InChI=1S/C17H21NOS/c1-4-5-6-7-14-8-10-15(11-9-14)17-18-12(2)16(20-17)13(3)19/h8-11H,4-7H2,1-3H3. The summed E-state index contributed by atoms with van der Waals surface area (Å²) in [6.45, 7) is 5.72. The minimum atomic E-state index is 0.0995. The van der Waals surface area contributed by atoms with Crippen molar-refractivity contribution in [1.29, 1.82) is 0 Å². The minimum Gasteiger partial charge on any atom is -0.294 e. The molecule has 0 N–H and O–H groups in total. The number of hydrogen-bond donors (Lipinski definition) is 0. The molecule has 2 nitrogen and oxygen atoms in total. The molecule has 0 aliphatic heterocycles. The normalized spacial score (nSPS) is 10.8. The van der Waals surface area contributed by atoms with Gasteiger partial charge in [-0.05, 0) is 25.3 Å². The van der Waals surface area contributed by atoms with E-state index in [2.05, 4.69) is 36.2 Å². The van der Waals surface area contributed by atoms with Crippen LogP contribution >= 0.6 is 11.3 Å². The molecular weight excluding hydrogens is 266 g/mol. The van der Waals surface area contributed by atoms with Gasteiger partial charge < -0.3 is 0 Å². The number of rotatable bonds is 6. The largest absolute Gasteiger partial charge is 0.294 e. The second kappa shape index (κ2) is 6.80. The first kappa shape index (κ1) is 14.9. The maximum absolute atomic E-state index is 11.5. The van der Waals surface area contributed by atoms with Crippen molar-refractivity contribution in [3.8, 4) is 10.6 Å². The van der Waals surface area contributed by atoms with Crippen molar-refractivity contribution in [2.24, 2.45) is 0 Å². The molecule has 0 spiro atoms. The lowest BCUT2D eigenvalue weighted by Gasteiger charge is -2.02. The van der Waals surface area contributed by atoms with Gasteiger partial charge in [-0.25, -0.2) is 4.98 Å². The molecule has 2 aromatic rings. The number of carbonyl (C=O) groups excluding carboxylic acids is 1. The van der Waals surface area contributed by atoms with E-state index in [1.54, 1.807) is 6.92 Å². The van der Waals surface area contributed by atoms with Crippen LogP contribution in [0.1, 0.15) is 54.0 Å². The highest BCUT2D eigenvalue weighted by Crippen LogP contribution is 2.28. The van der Waals surface area contributed by atoms with E-state index in [1.165, 1.54) is 36.2 Å². The molecule has 0 aliphatic carbocycles. The highest BCUT2D eigenvalue weighted by molar-refractivity contribution is 7.17. The Kier molecular flexibility index (Phi) is 5.07. The number of nitrogens with zero attached hydrogens (tertiary/aromatic N) is 1. The van der Waals surface area contributed by atoms with Crippen molar-refractivity contribution in [1.82, 2.24) is 4.98 Å². The lowest BCUT2D eigenvalue weighted by Crippen LogP contribution is -1.89. The number of ketones is 1. The third-order valence-electron chi connectivity index (χ3n) is 3.39. The Balaban J connectivity index is 2.13. The fourth-order valence-electron chi connectivity index (χ4n) is 2.24. The number of aromatic nitrogens is 1. The molecule has 0 fully saturated rings. The summed E-state index contributed by atoms with van der Waals surface area (Å²) in [5, 5.41) is 0.938. The van der Waals surface area contributed by atoms with Crippen molar-refractivity contribution in [3.05, 3.63) is 40.4 Å². The van der Waals surface area contributed by atoms with Gasteiger partial charge in [0.1, 0.15) is 5.01 Å². The molecule has 20 heavy (non-hydrogen) atoms. The van der Waals surface area contributed by atoms with Crippen LogP contribution in [-0.4, -0.2) is 10.8 Å². The van der Waals surface area contributed by atoms with Gasteiger partial charge in [-0.15, -0.1) is 11.3 Å². The number of benzene rings is 1. The lowest BCUT2D eigenvalue weighted by molar-refractivity contribution is 0.102. The van der Waals surface area contributed by atoms with E-state index in [1.807, 2.05) is 6.92 Å². The smallest absolute Gasteiger partial charge is 0.171 e. The van der Waals surface area contributed by atoms with E-state index >= 15 is 0 Å². The maximum atomic E-state index is 11.5. The number of unbranched alkanes of at least 4 members (excludes halogenated alkanes) is 2. The Morgan fingerprint density at radius 1 is 1.20 bits per heavy atom. The molecule has 2 rings (SSSR count). The Morgan fingerprint density at radius 2 is 1.90 bits per heavy atom. The Bertz CT molecular complexity index is 584. The molecular formula is C17H21NOS. The number of thiazole rings is 1. The molecule has 1 aromatic heterocycles. The Hall–Kier alpha value is -1.48. The summed E-state index contributed by atoms with van der Waals surface area (Å²) < 4.78 is 0. The molecule has 0 amide bonds. The molecule has 0 unspecified atom stereocenters. The van der Waals surface area contributed by atoms with Crippen LogP contribution in [-0.2, 0) is 6.42 Å². The van der Waals surface area contributed by atoms with Gasteiger partial charge in [-0.1, -0.05) is 44.0 Å². The summed E-state index contributed by atoms with van der Waals surface area (Å²) in [5.74, 6) is 0.0995. The molecule has 0 radical (unpaired) electrons. The van der Waals surface area contributed by atoms with Crippen molar-refractivity contribution in [2.45, 2.75) is 46.5 Å². The Labute approximate surface area is 124 Å². The minimum absolute atomic E-state index is 0.0995. The maximum Gasteiger partial charge on any atom is 0.171 e. The summed E-state index contributed by atoms with van der Waals surface area (Å²) in [6.07, 6.45) is 4.93. The molecule has 0 aliphatic rings. The average Bonchev–Trinajstić information content (AvgIpc) is 2.82. The number of aryl methyl sites for hydroxylation is 2. The molecule has 3 heteroatoms. The molecule has 1 heterocycles. The zero-order valence-electron chi connectivity index (χ0n) is 12.4. The second-order valence-electron chi connectivity index (χ2n) is 5.14. The van der Waals surface area contributed by atoms with Crippen molar-refractivity contribution < 1.29 is 4.79 Å². The zero-order chi connectivity index (χ0) is 14.5. The average molecular weight is 287 g/mol. The number of Topliss-reactive ketones (excluding diaryl/α,β-unsaturated/α-hetero) is 1. The van der Waals surface area contributed by atoms with Gasteiger partial charge in [-0.2, -0.15) is 0 Å². The quantitative estimate of drug-likeness (QED) is 0.549. The summed E-state index contributed by atoms with van der Waals surface area (Å²) in [4.78, 5) is 16.8. The zero-order valence-corrected chi connectivity index (χ0v) is 13.2. The first-order valence-corrected chi connectivity index (χ1v) is 8.01. The topological polar surface area (TPSA) is 30.0 Å². The van der Waals surface area contributed by atoms with E-state index in [4.69, 9.17) is 0 Å². The fraction of sp³-hybridized carbons (Fsp3) is 0.412. The Morgan fingerprint density at radius 3 is 2.45 bits per heavy atom. The van der Waals surface area contributed by atoms with Crippen molar-refractivity contribution >= 4 is 17.1 Å². The van der Waals surface area contributed by atoms with E-state index < -0.39 is 0 Å². The molecule has 106 valence electrons. The van der Waals surface area contributed by atoms with E-state index in [0.717, 1.165) is 27.6 Å². The molecule has 1 aromatic carbocycles.